The lowest BCUT2D eigenvalue weighted by Gasteiger charge is -2.72. The second kappa shape index (κ2) is 8.08. The van der Waals surface area contributed by atoms with Crippen LogP contribution >= 0.6 is 0 Å². The van der Waals surface area contributed by atoms with E-state index in [2.05, 4.69) is 48.1 Å². The molecular formula is C32H52O3. The number of hydrogen-bond acceptors (Lipinski definition) is 3. The third-order valence-corrected chi connectivity index (χ3v) is 13.7. The van der Waals surface area contributed by atoms with E-state index in [-0.39, 0.29) is 33.7 Å². The number of aliphatic hydroxyl groups excluding tert-OH is 1. The molecule has 10 atom stereocenters. The molecule has 5 aliphatic carbocycles. The normalized spacial score (nSPS) is 52.5. The van der Waals surface area contributed by atoms with E-state index in [0.29, 0.717) is 41.6 Å². The molecule has 0 aromatic carbocycles. The minimum absolute atomic E-state index is 0.00574. The minimum Gasteiger partial charge on any atom is -0.466 e. The first-order valence-electron chi connectivity index (χ1n) is 14.8. The second-order valence-corrected chi connectivity index (χ2v) is 14.9. The van der Waals surface area contributed by atoms with Gasteiger partial charge in [0.15, 0.2) is 0 Å². The van der Waals surface area contributed by atoms with Crippen LogP contribution in [0.15, 0.2) is 12.2 Å². The molecule has 5 rings (SSSR count). The van der Waals surface area contributed by atoms with Gasteiger partial charge in [0.1, 0.15) is 0 Å². The largest absolute Gasteiger partial charge is 0.466 e. The van der Waals surface area contributed by atoms with Gasteiger partial charge in [-0.25, -0.2) is 0 Å². The molecule has 0 radical (unpaired) electrons. The van der Waals surface area contributed by atoms with Gasteiger partial charge >= 0.3 is 5.97 Å². The standard InChI is InChI=1S/C32H52O3/c1-9-35-27(34)32-17-12-21(20(2)3)26(32)22-10-11-24-29(6)15-14-25(33)28(4,5)23(29)13-16-31(24,8)30(22,7)18-19-32/h21-26,33H,2,9-19H2,1,3-8H3/t21?,22?,23?,24?,25-,26?,29-,30+,31+,32-/m0/s1. The van der Waals surface area contributed by atoms with Crippen LogP contribution in [0, 0.1) is 56.7 Å². The Hall–Kier alpha value is -0.830. The number of fused-ring (bicyclic) bond motifs is 7. The Morgan fingerprint density at radius 3 is 2.26 bits per heavy atom. The van der Waals surface area contributed by atoms with Gasteiger partial charge in [-0.2, -0.15) is 0 Å². The number of aliphatic hydroxyl groups is 1. The van der Waals surface area contributed by atoms with Gasteiger partial charge in [0, 0.05) is 0 Å². The minimum atomic E-state index is -0.301. The Kier molecular flexibility index (Phi) is 5.96. The van der Waals surface area contributed by atoms with Gasteiger partial charge in [0.2, 0.25) is 0 Å². The van der Waals surface area contributed by atoms with Crippen LogP contribution in [0.2, 0.25) is 0 Å². The fourth-order valence-electron chi connectivity index (χ4n) is 11.8. The summed E-state index contributed by atoms with van der Waals surface area (Å²) in [6.45, 7) is 21.6. The van der Waals surface area contributed by atoms with E-state index < -0.39 is 0 Å². The zero-order valence-corrected chi connectivity index (χ0v) is 23.7. The summed E-state index contributed by atoms with van der Waals surface area (Å²) in [6, 6.07) is 0. The van der Waals surface area contributed by atoms with Crippen molar-refractivity contribution in [3.05, 3.63) is 12.2 Å². The van der Waals surface area contributed by atoms with Crippen molar-refractivity contribution in [1.82, 2.24) is 0 Å². The monoisotopic (exact) mass is 484 g/mol. The van der Waals surface area contributed by atoms with Gasteiger partial charge in [-0.3, -0.25) is 4.79 Å². The highest BCUT2D eigenvalue weighted by atomic mass is 16.5. The van der Waals surface area contributed by atoms with Crippen LogP contribution in [0.3, 0.4) is 0 Å². The van der Waals surface area contributed by atoms with Crippen molar-refractivity contribution < 1.29 is 14.6 Å². The summed E-state index contributed by atoms with van der Waals surface area (Å²) in [7, 11) is 0. The fraction of sp³-hybridized carbons (Fsp3) is 0.906. The third-order valence-electron chi connectivity index (χ3n) is 13.7. The quantitative estimate of drug-likeness (QED) is 0.332. The summed E-state index contributed by atoms with van der Waals surface area (Å²) in [5, 5.41) is 10.9. The average molecular weight is 485 g/mol. The molecular weight excluding hydrogens is 432 g/mol. The van der Waals surface area contributed by atoms with Crippen molar-refractivity contribution in [2.75, 3.05) is 6.61 Å². The van der Waals surface area contributed by atoms with E-state index in [1.807, 2.05) is 6.92 Å². The Morgan fingerprint density at radius 1 is 0.886 bits per heavy atom. The van der Waals surface area contributed by atoms with E-state index in [0.717, 1.165) is 38.5 Å². The molecule has 0 aliphatic heterocycles. The Morgan fingerprint density at radius 2 is 1.60 bits per heavy atom. The highest BCUT2D eigenvalue weighted by molar-refractivity contribution is 5.78. The van der Waals surface area contributed by atoms with Crippen molar-refractivity contribution >= 4 is 5.97 Å². The highest BCUT2D eigenvalue weighted by Gasteiger charge is 2.72. The SMILES string of the molecule is C=C(C)C1CC[C@]2(C(=O)OCC)CC[C@]3(C)C(CCC4[C@@]5(C)CC[C@H](O)C(C)(C)C5CC[C@]43C)C12. The summed E-state index contributed by atoms with van der Waals surface area (Å²) < 4.78 is 5.79. The van der Waals surface area contributed by atoms with Gasteiger partial charge in [-0.15, -0.1) is 0 Å². The molecule has 0 amide bonds. The zero-order valence-electron chi connectivity index (χ0n) is 23.7. The maximum absolute atomic E-state index is 13.6. The van der Waals surface area contributed by atoms with Gasteiger partial charge in [-0.1, -0.05) is 46.8 Å². The van der Waals surface area contributed by atoms with Gasteiger partial charge < -0.3 is 9.84 Å². The summed E-state index contributed by atoms with van der Waals surface area (Å²) in [5.41, 5.74) is 1.78. The molecule has 0 bridgehead atoms. The molecule has 3 heteroatoms. The van der Waals surface area contributed by atoms with Crippen LogP contribution in [0.25, 0.3) is 0 Å². The predicted octanol–water partition coefficient (Wildman–Crippen LogP) is 7.57. The van der Waals surface area contributed by atoms with E-state index in [4.69, 9.17) is 4.74 Å². The maximum atomic E-state index is 13.6. The lowest BCUT2D eigenvalue weighted by Crippen LogP contribution is -2.67. The van der Waals surface area contributed by atoms with Crippen molar-refractivity contribution in [3.63, 3.8) is 0 Å². The molecule has 0 aromatic rings. The van der Waals surface area contributed by atoms with Crippen molar-refractivity contribution in [2.45, 2.75) is 119 Å². The number of ether oxygens (including phenoxy) is 1. The third kappa shape index (κ3) is 3.15. The molecule has 0 heterocycles. The molecule has 5 fully saturated rings. The number of allylic oxidation sites excluding steroid dienone is 1. The van der Waals surface area contributed by atoms with Crippen molar-refractivity contribution in [1.29, 1.82) is 0 Å². The molecule has 5 aliphatic rings. The summed E-state index contributed by atoms with van der Waals surface area (Å²) in [6.07, 6.45) is 11.1. The van der Waals surface area contributed by atoms with E-state index >= 15 is 0 Å². The van der Waals surface area contributed by atoms with Gasteiger partial charge in [-0.05, 0) is 129 Å². The number of carbonyl (C=O) groups is 1. The van der Waals surface area contributed by atoms with Crippen molar-refractivity contribution in [3.8, 4) is 0 Å². The Balaban J connectivity index is 1.55. The van der Waals surface area contributed by atoms with E-state index in [1.165, 1.54) is 31.3 Å². The number of hydrogen-bond donors (Lipinski definition) is 1. The first-order valence-corrected chi connectivity index (χ1v) is 14.8. The first-order chi connectivity index (χ1) is 16.3. The molecule has 0 saturated heterocycles. The van der Waals surface area contributed by atoms with Gasteiger partial charge in [0.25, 0.3) is 0 Å². The first kappa shape index (κ1) is 25.8. The number of rotatable bonds is 3. The van der Waals surface area contributed by atoms with Crippen LogP contribution < -0.4 is 0 Å². The number of esters is 1. The van der Waals surface area contributed by atoms with Crippen LogP contribution in [0.5, 0.6) is 0 Å². The van der Waals surface area contributed by atoms with Crippen LogP contribution in [0.1, 0.15) is 113 Å². The molecule has 198 valence electrons. The molecule has 35 heavy (non-hydrogen) atoms. The average Bonchev–Trinajstić information content (AvgIpc) is 3.19. The van der Waals surface area contributed by atoms with Crippen molar-refractivity contribution in [2.24, 2.45) is 56.7 Å². The summed E-state index contributed by atoms with van der Waals surface area (Å²) in [5.74, 6) is 2.76. The summed E-state index contributed by atoms with van der Waals surface area (Å²) >= 11 is 0. The van der Waals surface area contributed by atoms with Crippen LogP contribution in [0.4, 0.5) is 0 Å². The topological polar surface area (TPSA) is 46.5 Å². The van der Waals surface area contributed by atoms with E-state index in [9.17, 15) is 9.90 Å². The Bertz CT molecular complexity index is 891. The fourth-order valence-corrected chi connectivity index (χ4v) is 11.8. The molecule has 5 unspecified atom stereocenters. The Labute approximate surface area is 214 Å². The lowest BCUT2D eigenvalue weighted by atomic mass is 9.32. The van der Waals surface area contributed by atoms with Crippen LogP contribution in [-0.2, 0) is 9.53 Å². The molecule has 0 spiro atoms. The zero-order chi connectivity index (χ0) is 25.6. The second-order valence-electron chi connectivity index (χ2n) is 14.9. The maximum Gasteiger partial charge on any atom is 0.312 e. The molecule has 3 nitrogen and oxygen atoms in total. The molecule has 1 N–H and O–H groups in total. The lowest BCUT2D eigenvalue weighted by molar-refractivity contribution is -0.248. The molecule has 0 aromatic heterocycles. The van der Waals surface area contributed by atoms with Gasteiger partial charge in [0.05, 0.1) is 18.1 Å². The number of carbonyl (C=O) groups excluding carboxylic acids is 1. The summed E-state index contributed by atoms with van der Waals surface area (Å²) in [4.78, 5) is 13.6. The predicted molar refractivity (Wildman–Crippen MR) is 142 cm³/mol. The van der Waals surface area contributed by atoms with E-state index in [1.54, 1.807) is 0 Å². The van der Waals surface area contributed by atoms with Crippen LogP contribution in [-0.4, -0.2) is 23.8 Å². The molecule has 5 saturated carbocycles. The highest BCUT2D eigenvalue weighted by Crippen LogP contribution is 2.77. The smallest absolute Gasteiger partial charge is 0.312 e.